The van der Waals surface area contributed by atoms with Crippen LogP contribution in [-0.2, 0) is 0 Å². The minimum Gasteiger partial charge on any atom is -0.393 e. The lowest BCUT2D eigenvalue weighted by molar-refractivity contribution is 0.118. The van der Waals surface area contributed by atoms with Gasteiger partial charge in [-0.15, -0.1) is 0 Å². The van der Waals surface area contributed by atoms with E-state index in [4.69, 9.17) is 0 Å². The highest BCUT2D eigenvalue weighted by molar-refractivity contribution is 5.89. The number of hydrogen-bond donors (Lipinski definition) is 3. The van der Waals surface area contributed by atoms with Gasteiger partial charge in [0.2, 0.25) is 0 Å². The second-order valence-corrected chi connectivity index (χ2v) is 4.73. The van der Waals surface area contributed by atoms with E-state index in [2.05, 4.69) is 10.6 Å². The molecule has 4 nitrogen and oxygen atoms in total. The molecule has 1 aliphatic carbocycles. The van der Waals surface area contributed by atoms with E-state index in [-0.39, 0.29) is 17.8 Å². The molecule has 0 unspecified atom stereocenters. The molecule has 0 aliphatic heterocycles. The number of urea groups is 1. The van der Waals surface area contributed by atoms with Crippen molar-refractivity contribution >= 4 is 11.7 Å². The molecular weight excluding hydrogens is 254 g/mol. The Balaban J connectivity index is 1.87. The Morgan fingerprint density at radius 1 is 1.21 bits per heavy atom. The zero-order chi connectivity index (χ0) is 13.8. The van der Waals surface area contributed by atoms with Crippen LogP contribution in [0.25, 0.3) is 0 Å². The van der Waals surface area contributed by atoms with Gasteiger partial charge in [0.15, 0.2) is 0 Å². The fraction of sp³-hybridized carbons (Fsp3) is 0.462. The van der Waals surface area contributed by atoms with Crippen LogP contribution in [0.15, 0.2) is 18.2 Å². The summed E-state index contributed by atoms with van der Waals surface area (Å²) >= 11 is 0. The SMILES string of the molecule is O=C(Nc1ccc(F)cc1F)NC1CCC(O)CC1. The highest BCUT2D eigenvalue weighted by Crippen LogP contribution is 2.19. The second-order valence-electron chi connectivity index (χ2n) is 4.73. The summed E-state index contributed by atoms with van der Waals surface area (Å²) in [7, 11) is 0. The van der Waals surface area contributed by atoms with Crippen molar-refractivity contribution < 1.29 is 18.7 Å². The Morgan fingerprint density at radius 2 is 1.89 bits per heavy atom. The molecule has 0 atom stereocenters. The number of hydrogen-bond acceptors (Lipinski definition) is 2. The fourth-order valence-corrected chi connectivity index (χ4v) is 2.15. The molecule has 0 bridgehead atoms. The average molecular weight is 270 g/mol. The van der Waals surface area contributed by atoms with E-state index in [0.717, 1.165) is 6.07 Å². The van der Waals surface area contributed by atoms with Crippen LogP contribution < -0.4 is 10.6 Å². The quantitative estimate of drug-likeness (QED) is 0.772. The normalized spacial score (nSPS) is 22.9. The standard InChI is InChI=1S/C13H16F2N2O2/c14-8-1-6-12(11(15)7-8)17-13(19)16-9-2-4-10(18)5-3-9/h1,6-7,9-10,18H,2-5H2,(H2,16,17,19). The molecule has 0 spiro atoms. The number of carbonyl (C=O) groups is 1. The van der Waals surface area contributed by atoms with Crippen molar-refractivity contribution in [3.05, 3.63) is 29.8 Å². The Labute approximate surface area is 109 Å². The molecule has 2 amide bonds. The van der Waals surface area contributed by atoms with Gasteiger partial charge >= 0.3 is 6.03 Å². The van der Waals surface area contributed by atoms with Gasteiger partial charge in [-0.05, 0) is 37.8 Å². The van der Waals surface area contributed by atoms with E-state index in [9.17, 15) is 18.7 Å². The zero-order valence-electron chi connectivity index (χ0n) is 10.3. The van der Waals surface area contributed by atoms with E-state index in [0.29, 0.717) is 31.7 Å². The van der Waals surface area contributed by atoms with Crippen LogP contribution in [0, 0.1) is 11.6 Å². The van der Waals surface area contributed by atoms with Gasteiger partial charge < -0.3 is 15.7 Å². The maximum atomic E-state index is 13.3. The molecule has 0 aromatic heterocycles. The maximum Gasteiger partial charge on any atom is 0.319 e. The van der Waals surface area contributed by atoms with Crippen molar-refractivity contribution in [3.63, 3.8) is 0 Å². The topological polar surface area (TPSA) is 61.4 Å². The molecule has 2 rings (SSSR count). The largest absolute Gasteiger partial charge is 0.393 e. The van der Waals surface area contributed by atoms with Gasteiger partial charge in [0.25, 0.3) is 0 Å². The lowest BCUT2D eigenvalue weighted by atomic mass is 9.93. The third kappa shape index (κ3) is 3.89. The summed E-state index contributed by atoms with van der Waals surface area (Å²) in [5, 5.41) is 14.4. The van der Waals surface area contributed by atoms with Crippen LogP contribution in [0.5, 0.6) is 0 Å². The van der Waals surface area contributed by atoms with Gasteiger partial charge in [-0.2, -0.15) is 0 Å². The predicted octanol–water partition coefficient (Wildman–Crippen LogP) is 2.39. The van der Waals surface area contributed by atoms with Crippen molar-refractivity contribution in [2.45, 2.75) is 37.8 Å². The number of rotatable bonds is 2. The van der Waals surface area contributed by atoms with Gasteiger partial charge in [-0.3, -0.25) is 0 Å². The monoisotopic (exact) mass is 270 g/mol. The van der Waals surface area contributed by atoms with E-state index in [1.54, 1.807) is 0 Å². The van der Waals surface area contributed by atoms with Gasteiger partial charge in [0.05, 0.1) is 11.8 Å². The smallest absolute Gasteiger partial charge is 0.319 e. The van der Waals surface area contributed by atoms with E-state index < -0.39 is 17.7 Å². The Morgan fingerprint density at radius 3 is 2.53 bits per heavy atom. The maximum absolute atomic E-state index is 13.3. The molecule has 1 aromatic carbocycles. The number of halogens is 2. The first-order chi connectivity index (χ1) is 9.04. The molecule has 6 heteroatoms. The highest BCUT2D eigenvalue weighted by Gasteiger charge is 2.21. The molecule has 1 aliphatic rings. The number of aliphatic hydroxyl groups is 1. The Hall–Kier alpha value is -1.69. The van der Waals surface area contributed by atoms with Crippen LogP contribution >= 0.6 is 0 Å². The van der Waals surface area contributed by atoms with Crippen LogP contribution in [0.2, 0.25) is 0 Å². The lowest BCUT2D eigenvalue weighted by Crippen LogP contribution is -2.41. The average Bonchev–Trinajstić information content (AvgIpc) is 2.36. The minimum atomic E-state index is -0.811. The predicted molar refractivity (Wildman–Crippen MR) is 66.8 cm³/mol. The van der Waals surface area contributed by atoms with E-state index in [1.165, 1.54) is 6.07 Å². The summed E-state index contributed by atoms with van der Waals surface area (Å²) in [6.07, 6.45) is 2.39. The van der Waals surface area contributed by atoms with Gasteiger partial charge in [0.1, 0.15) is 11.6 Å². The summed E-state index contributed by atoms with van der Waals surface area (Å²) in [4.78, 5) is 11.7. The molecule has 0 heterocycles. The third-order valence-corrected chi connectivity index (χ3v) is 3.21. The molecule has 1 fully saturated rings. The van der Waals surface area contributed by atoms with Gasteiger partial charge in [-0.25, -0.2) is 13.6 Å². The first-order valence-electron chi connectivity index (χ1n) is 6.25. The van der Waals surface area contributed by atoms with Crippen molar-refractivity contribution in [2.75, 3.05) is 5.32 Å². The molecule has 3 N–H and O–H groups in total. The number of nitrogens with one attached hydrogen (secondary N) is 2. The van der Waals surface area contributed by atoms with E-state index >= 15 is 0 Å². The number of carbonyl (C=O) groups excluding carboxylic acids is 1. The third-order valence-electron chi connectivity index (χ3n) is 3.21. The summed E-state index contributed by atoms with van der Waals surface area (Å²) in [5.74, 6) is -1.50. The molecular formula is C13H16F2N2O2. The van der Waals surface area contributed by atoms with Gasteiger partial charge in [0, 0.05) is 12.1 Å². The fourth-order valence-electron chi connectivity index (χ4n) is 2.15. The number of anilines is 1. The molecule has 1 aromatic rings. The lowest BCUT2D eigenvalue weighted by Gasteiger charge is -2.26. The van der Waals surface area contributed by atoms with Crippen LogP contribution in [0.1, 0.15) is 25.7 Å². The first kappa shape index (κ1) is 13.7. The molecule has 104 valence electrons. The number of aliphatic hydroxyl groups excluding tert-OH is 1. The molecule has 0 saturated heterocycles. The zero-order valence-corrected chi connectivity index (χ0v) is 10.3. The molecule has 0 radical (unpaired) electrons. The number of benzene rings is 1. The summed E-state index contributed by atoms with van der Waals surface area (Å²) in [6, 6.07) is 2.43. The van der Waals surface area contributed by atoms with Crippen molar-refractivity contribution in [3.8, 4) is 0 Å². The molecule has 19 heavy (non-hydrogen) atoms. The van der Waals surface area contributed by atoms with Gasteiger partial charge in [-0.1, -0.05) is 0 Å². The van der Waals surface area contributed by atoms with Crippen LogP contribution in [0.4, 0.5) is 19.3 Å². The summed E-state index contributed by atoms with van der Waals surface area (Å²) < 4.78 is 26.0. The van der Waals surface area contributed by atoms with Crippen molar-refractivity contribution in [1.29, 1.82) is 0 Å². The first-order valence-corrected chi connectivity index (χ1v) is 6.25. The van der Waals surface area contributed by atoms with Crippen LogP contribution in [-0.4, -0.2) is 23.3 Å². The van der Waals surface area contributed by atoms with Crippen molar-refractivity contribution in [1.82, 2.24) is 5.32 Å². The minimum absolute atomic E-state index is 0.0214. The second kappa shape index (κ2) is 5.97. The van der Waals surface area contributed by atoms with Crippen molar-refractivity contribution in [2.24, 2.45) is 0 Å². The summed E-state index contributed by atoms with van der Waals surface area (Å²) in [5.41, 5.74) is -0.0604. The Kier molecular flexibility index (Phi) is 4.31. The summed E-state index contributed by atoms with van der Waals surface area (Å²) in [6.45, 7) is 0. The number of amides is 2. The highest BCUT2D eigenvalue weighted by atomic mass is 19.1. The molecule has 1 saturated carbocycles. The Bertz CT molecular complexity index is 460. The van der Waals surface area contributed by atoms with E-state index in [1.807, 2.05) is 0 Å². The van der Waals surface area contributed by atoms with Crippen LogP contribution in [0.3, 0.4) is 0 Å².